The molecule has 0 aliphatic carbocycles. The van der Waals surface area contributed by atoms with Crippen LogP contribution in [0.15, 0.2) is 30.3 Å². The van der Waals surface area contributed by atoms with E-state index < -0.39 is 12.0 Å². The van der Waals surface area contributed by atoms with E-state index >= 15 is 0 Å². The fraction of sp³-hybridized carbons (Fsp3) is 0.520. The van der Waals surface area contributed by atoms with Gasteiger partial charge in [0.05, 0.1) is 25.1 Å². The topological polar surface area (TPSA) is 115 Å². The largest absolute Gasteiger partial charge is 0.497 e. The van der Waals surface area contributed by atoms with Gasteiger partial charge in [-0.3, -0.25) is 9.59 Å². The maximum absolute atomic E-state index is 13.0. The number of anilines is 1. The van der Waals surface area contributed by atoms with E-state index in [1.54, 1.807) is 18.7 Å². The number of rotatable bonds is 11. The quantitative estimate of drug-likeness (QED) is 0.469. The van der Waals surface area contributed by atoms with Crippen molar-refractivity contribution in [3.63, 3.8) is 0 Å². The Hall–Kier alpha value is -3.56. The van der Waals surface area contributed by atoms with Gasteiger partial charge in [-0.1, -0.05) is 34.1 Å². The zero-order valence-electron chi connectivity index (χ0n) is 21.5. The zero-order valence-corrected chi connectivity index (χ0v) is 21.5. The molecule has 0 fully saturated rings. The highest BCUT2D eigenvalue weighted by Gasteiger charge is 2.23. The van der Waals surface area contributed by atoms with Crippen molar-refractivity contribution in [3.8, 4) is 11.4 Å². The minimum atomic E-state index is -0.529. The molecule has 192 valence electrons. The van der Waals surface area contributed by atoms with Crippen LogP contribution in [0.5, 0.6) is 5.75 Å². The minimum Gasteiger partial charge on any atom is -0.497 e. The van der Waals surface area contributed by atoms with Gasteiger partial charge < -0.3 is 25.0 Å². The first-order chi connectivity index (χ1) is 16.6. The molecule has 1 aromatic heterocycles. The number of benzene rings is 1. The average Bonchev–Trinajstić information content (AvgIpc) is 3.24. The Labute approximate surface area is 207 Å². The molecule has 0 unspecified atom stereocenters. The van der Waals surface area contributed by atoms with E-state index in [9.17, 15) is 14.4 Å². The van der Waals surface area contributed by atoms with Crippen LogP contribution in [-0.4, -0.2) is 65.9 Å². The summed E-state index contributed by atoms with van der Waals surface area (Å²) in [4.78, 5) is 38.6. The van der Waals surface area contributed by atoms with Gasteiger partial charge in [-0.25, -0.2) is 9.48 Å². The minimum absolute atomic E-state index is 0.173. The summed E-state index contributed by atoms with van der Waals surface area (Å²) in [5.41, 5.74) is 1.32. The van der Waals surface area contributed by atoms with Crippen LogP contribution in [0.1, 0.15) is 53.2 Å². The number of hydrogen-bond acceptors (Lipinski definition) is 6. The van der Waals surface area contributed by atoms with Crippen LogP contribution in [0, 0.1) is 0 Å². The molecule has 0 aliphatic rings. The molecule has 1 aromatic carbocycles. The van der Waals surface area contributed by atoms with Gasteiger partial charge in [0.2, 0.25) is 5.91 Å². The fourth-order valence-electron chi connectivity index (χ4n) is 3.19. The molecule has 10 heteroatoms. The van der Waals surface area contributed by atoms with E-state index in [1.165, 1.54) is 4.90 Å². The Kier molecular flexibility index (Phi) is 10.1. The number of carbonyl (C=O) groups is 3. The molecule has 0 aliphatic heterocycles. The highest BCUT2D eigenvalue weighted by Crippen LogP contribution is 2.27. The summed E-state index contributed by atoms with van der Waals surface area (Å²) in [7, 11) is 1.60. The molecule has 0 bridgehead atoms. The highest BCUT2D eigenvalue weighted by atomic mass is 16.5. The van der Waals surface area contributed by atoms with E-state index in [-0.39, 0.29) is 31.0 Å². The van der Waals surface area contributed by atoms with E-state index in [1.807, 2.05) is 58.0 Å². The number of nitrogens with one attached hydrogen (secondary N) is 2. The van der Waals surface area contributed by atoms with Crippen LogP contribution >= 0.6 is 0 Å². The van der Waals surface area contributed by atoms with Crippen molar-refractivity contribution in [1.29, 1.82) is 0 Å². The summed E-state index contributed by atoms with van der Waals surface area (Å²) in [5, 5.41) is 10.1. The van der Waals surface area contributed by atoms with Crippen molar-refractivity contribution in [1.82, 2.24) is 20.0 Å². The first-order valence-electron chi connectivity index (χ1n) is 11.8. The van der Waals surface area contributed by atoms with Crippen molar-refractivity contribution in [3.05, 3.63) is 36.0 Å². The van der Waals surface area contributed by atoms with Crippen LogP contribution in [0.4, 0.5) is 10.6 Å². The smallest absolute Gasteiger partial charge is 0.325 e. The third kappa shape index (κ3) is 8.31. The summed E-state index contributed by atoms with van der Waals surface area (Å²) in [5.74, 6) is 0.303. The predicted molar refractivity (Wildman–Crippen MR) is 134 cm³/mol. The Morgan fingerprint density at radius 1 is 1.11 bits per heavy atom. The van der Waals surface area contributed by atoms with Gasteiger partial charge in [0.15, 0.2) is 0 Å². The summed E-state index contributed by atoms with van der Waals surface area (Å²) in [6.07, 6.45) is 1.57. The number of esters is 1. The Morgan fingerprint density at radius 3 is 2.37 bits per heavy atom. The molecule has 35 heavy (non-hydrogen) atoms. The first-order valence-corrected chi connectivity index (χ1v) is 11.8. The molecule has 0 spiro atoms. The SMILES string of the molecule is CCCCN(CC(=O)Nc1cc(C(C)(C)C)nn1-c1ccc(OC)cc1)C(=O)NCC(=O)OCC. The molecule has 0 saturated carbocycles. The van der Waals surface area contributed by atoms with Crippen LogP contribution in [0.3, 0.4) is 0 Å². The van der Waals surface area contributed by atoms with Crippen LogP contribution in [0.2, 0.25) is 0 Å². The summed E-state index contributed by atoms with van der Waals surface area (Å²) < 4.78 is 11.7. The van der Waals surface area contributed by atoms with Crippen molar-refractivity contribution in [2.75, 3.05) is 38.7 Å². The van der Waals surface area contributed by atoms with E-state index in [0.717, 1.165) is 24.2 Å². The molecule has 1 heterocycles. The van der Waals surface area contributed by atoms with Crippen LogP contribution in [-0.2, 0) is 19.7 Å². The van der Waals surface area contributed by atoms with E-state index in [2.05, 4.69) is 10.6 Å². The average molecular weight is 488 g/mol. The molecule has 10 nitrogen and oxygen atoms in total. The molecule has 2 N–H and O–H groups in total. The fourth-order valence-corrected chi connectivity index (χ4v) is 3.19. The molecule has 0 saturated heterocycles. The number of nitrogens with zero attached hydrogens (tertiary/aromatic N) is 3. The molecule has 2 rings (SSSR count). The first kappa shape index (κ1) is 27.7. The summed E-state index contributed by atoms with van der Waals surface area (Å²) in [6.45, 7) is 10.00. The van der Waals surface area contributed by atoms with Gasteiger partial charge >= 0.3 is 12.0 Å². The maximum Gasteiger partial charge on any atom is 0.325 e. The Bertz CT molecular complexity index is 995. The maximum atomic E-state index is 13.0. The number of amides is 3. The molecular formula is C25H37N5O5. The van der Waals surface area contributed by atoms with Gasteiger partial charge in [0, 0.05) is 18.0 Å². The lowest BCUT2D eigenvalue weighted by Crippen LogP contribution is -2.46. The number of carbonyl (C=O) groups excluding carboxylic acids is 3. The third-order valence-corrected chi connectivity index (χ3v) is 5.15. The van der Waals surface area contributed by atoms with Gasteiger partial charge in [-0.15, -0.1) is 0 Å². The number of hydrogen-bond donors (Lipinski definition) is 2. The van der Waals surface area contributed by atoms with Gasteiger partial charge in [-0.2, -0.15) is 5.10 Å². The normalized spacial score (nSPS) is 11.0. The molecule has 0 radical (unpaired) electrons. The summed E-state index contributed by atoms with van der Waals surface area (Å²) in [6, 6.07) is 8.67. The molecule has 0 atom stereocenters. The van der Waals surface area contributed by atoms with Gasteiger partial charge in [0.25, 0.3) is 0 Å². The number of ether oxygens (including phenoxy) is 2. The van der Waals surface area contributed by atoms with Crippen molar-refractivity contribution >= 4 is 23.7 Å². The second kappa shape index (κ2) is 12.8. The van der Waals surface area contributed by atoms with Gasteiger partial charge in [-0.05, 0) is 37.6 Å². The van der Waals surface area contributed by atoms with Crippen LogP contribution < -0.4 is 15.4 Å². The van der Waals surface area contributed by atoms with Crippen LogP contribution in [0.25, 0.3) is 5.69 Å². The second-order valence-corrected chi connectivity index (χ2v) is 9.06. The number of methoxy groups -OCH3 is 1. The van der Waals surface area contributed by atoms with Crippen molar-refractivity contribution < 1.29 is 23.9 Å². The molecular weight excluding hydrogens is 450 g/mol. The lowest BCUT2D eigenvalue weighted by Gasteiger charge is -2.22. The number of urea groups is 1. The third-order valence-electron chi connectivity index (χ3n) is 5.15. The second-order valence-electron chi connectivity index (χ2n) is 9.06. The number of unbranched alkanes of at least 4 members (excludes halogenated alkanes) is 1. The Balaban J connectivity index is 2.20. The van der Waals surface area contributed by atoms with Gasteiger partial charge in [0.1, 0.15) is 24.7 Å². The highest BCUT2D eigenvalue weighted by molar-refractivity contribution is 5.94. The number of aromatic nitrogens is 2. The van der Waals surface area contributed by atoms with E-state index in [4.69, 9.17) is 14.6 Å². The standard InChI is InChI=1S/C25H37N5O5/c1-7-9-14-29(24(33)26-16-23(32)35-8-2)17-22(31)27-21-15-20(25(3,4)5)28-30(21)18-10-12-19(34-6)13-11-18/h10-13,15H,7-9,14,16-17H2,1-6H3,(H,26,33)(H,27,31). The van der Waals surface area contributed by atoms with E-state index in [0.29, 0.717) is 18.1 Å². The lowest BCUT2D eigenvalue weighted by molar-refractivity contribution is -0.141. The monoisotopic (exact) mass is 487 g/mol. The Morgan fingerprint density at radius 2 is 1.80 bits per heavy atom. The zero-order chi connectivity index (χ0) is 26.0. The predicted octanol–water partition coefficient (Wildman–Crippen LogP) is 3.49. The van der Waals surface area contributed by atoms with Crippen molar-refractivity contribution in [2.24, 2.45) is 0 Å². The molecule has 2 aromatic rings. The van der Waals surface area contributed by atoms with Crippen molar-refractivity contribution in [2.45, 2.75) is 52.9 Å². The summed E-state index contributed by atoms with van der Waals surface area (Å²) >= 11 is 0. The molecule has 3 amide bonds. The lowest BCUT2D eigenvalue weighted by atomic mass is 9.92.